The second kappa shape index (κ2) is 4.65. The van der Waals surface area contributed by atoms with Gasteiger partial charge in [0.25, 0.3) is 0 Å². The molecule has 1 aromatic rings. The van der Waals surface area contributed by atoms with Crippen molar-refractivity contribution in [2.45, 2.75) is 55.5 Å². The molecular formula is C16H18FNO2S. The summed E-state index contributed by atoms with van der Waals surface area (Å²) in [6.07, 6.45) is 5.87. The molecular weight excluding hydrogens is 289 g/mol. The lowest BCUT2D eigenvalue weighted by Gasteiger charge is -2.35. The predicted molar refractivity (Wildman–Crippen MR) is 77.7 cm³/mol. The summed E-state index contributed by atoms with van der Waals surface area (Å²) in [6.45, 7) is 0. The standard InChI is InChI=1S/C16H18FNO2S/c17-15-3-1-2-4-16(15)21(19,20)18-13-7-8-14(18)10-12(9-13)11-5-6-11/h1-4,13-14H,5-10H2. The first-order valence-corrected chi connectivity index (χ1v) is 8.99. The van der Waals surface area contributed by atoms with Gasteiger partial charge in [-0.05, 0) is 50.7 Å². The third kappa shape index (κ3) is 2.14. The molecule has 5 heteroatoms. The highest BCUT2D eigenvalue weighted by Gasteiger charge is 2.47. The minimum absolute atomic E-state index is 0.0245. The fourth-order valence-electron chi connectivity index (χ4n) is 3.84. The molecule has 3 aliphatic rings. The van der Waals surface area contributed by atoms with Gasteiger partial charge in [0.1, 0.15) is 10.7 Å². The Kier molecular flexibility index (Phi) is 2.98. The summed E-state index contributed by atoms with van der Waals surface area (Å²) in [5.74, 6) is -0.650. The monoisotopic (exact) mass is 307 g/mol. The van der Waals surface area contributed by atoms with E-state index in [1.54, 1.807) is 10.4 Å². The van der Waals surface area contributed by atoms with E-state index in [0.717, 1.165) is 25.7 Å². The Hall–Kier alpha value is -1.20. The third-order valence-corrected chi connectivity index (χ3v) is 6.95. The number of nitrogens with zero attached hydrogens (tertiary/aromatic N) is 1. The van der Waals surface area contributed by atoms with Crippen LogP contribution in [0.25, 0.3) is 0 Å². The van der Waals surface area contributed by atoms with Crippen LogP contribution >= 0.6 is 0 Å². The molecule has 1 saturated carbocycles. The Morgan fingerprint density at radius 1 is 1.00 bits per heavy atom. The number of sulfonamides is 1. The normalized spacial score (nSPS) is 29.0. The lowest BCUT2D eigenvalue weighted by molar-refractivity contribution is 0.283. The topological polar surface area (TPSA) is 37.4 Å². The van der Waals surface area contributed by atoms with Crippen molar-refractivity contribution in [3.05, 3.63) is 41.2 Å². The van der Waals surface area contributed by atoms with Gasteiger partial charge in [-0.3, -0.25) is 0 Å². The van der Waals surface area contributed by atoms with E-state index in [1.807, 2.05) is 0 Å². The highest BCUT2D eigenvalue weighted by Crippen LogP contribution is 2.46. The van der Waals surface area contributed by atoms with E-state index < -0.39 is 15.8 Å². The Balaban J connectivity index is 1.71. The molecule has 0 aromatic heterocycles. The Labute approximate surface area is 124 Å². The Bertz CT molecular complexity index is 704. The van der Waals surface area contributed by atoms with Gasteiger partial charge in [0, 0.05) is 12.1 Å². The summed E-state index contributed by atoms with van der Waals surface area (Å²) in [5, 5.41) is 0. The maximum atomic E-state index is 13.9. The van der Waals surface area contributed by atoms with Gasteiger partial charge in [0.05, 0.1) is 0 Å². The lowest BCUT2D eigenvalue weighted by atomic mass is 9.98. The molecule has 4 rings (SSSR count). The molecule has 2 atom stereocenters. The average molecular weight is 307 g/mol. The molecule has 2 saturated heterocycles. The molecule has 21 heavy (non-hydrogen) atoms. The minimum atomic E-state index is -3.72. The fourth-order valence-corrected chi connectivity index (χ4v) is 5.78. The number of hydrogen-bond acceptors (Lipinski definition) is 2. The number of fused-ring (bicyclic) bond motifs is 2. The van der Waals surface area contributed by atoms with Crippen LogP contribution in [0.2, 0.25) is 0 Å². The largest absolute Gasteiger partial charge is 0.246 e. The predicted octanol–water partition coefficient (Wildman–Crippen LogP) is 3.23. The number of piperidine rings is 1. The summed E-state index contributed by atoms with van der Waals surface area (Å²) in [5.41, 5.74) is 3.01. The molecule has 0 spiro atoms. The molecule has 0 N–H and O–H groups in total. The fraction of sp³-hybridized carbons (Fsp3) is 0.500. The van der Waals surface area contributed by atoms with Crippen LogP contribution in [0.15, 0.2) is 40.3 Å². The van der Waals surface area contributed by atoms with Crippen molar-refractivity contribution in [3.8, 4) is 0 Å². The van der Waals surface area contributed by atoms with Crippen LogP contribution in [0.4, 0.5) is 4.39 Å². The number of hydrogen-bond donors (Lipinski definition) is 0. The van der Waals surface area contributed by atoms with Gasteiger partial charge in [0.15, 0.2) is 0 Å². The van der Waals surface area contributed by atoms with Gasteiger partial charge in [-0.1, -0.05) is 23.3 Å². The molecule has 1 aliphatic carbocycles. The first-order valence-electron chi connectivity index (χ1n) is 7.55. The van der Waals surface area contributed by atoms with Crippen molar-refractivity contribution in [1.29, 1.82) is 0 Å². The Morgan fingerprint density at radius 2 is 1.62 bits per heavy atom. The van der Waals surface area contributed by atoms with Gasteiger partial charge in [-0.15, -0.1) is 0 Å². The molecule has 3 nitrogen and oxygen atoms in total. The molecule has 2 unspecified atom stereocenters. The van der Waals surface area contributed by atoms with E-state index in [4.69, 9.17) is 0 Å². The van der Waals surface area contributed by atoms with E-state index >= 15 is 0 Å². The van der Waals surface area contributed by atoms with Crippen molar-refractivity contribution in [2.24, 2.45) is 0 Å². The smallest absolute Gasteiger partial charge is 0.207 e. The number of halogens is 1. The van der Waals surface area contributed by atoms with Crippen molar-refractivity contribution >= 4 is 10.0 Å². The van der Waals surface area contributed by atoms with E-state index in [2.05, 4.69) is 0 Å². The van der Waals surface area contributed by atoms with Gasteiger partial charge < -0.3 is 0 Å². The summed E-state index contributed by atoms with van der Waals surface area (Å²) >= 11 is 0. The molecule has 112 valence electrons. The first kappa shape index (κ1) is 13.5. The summed E-state index contributed by atoms with van der Waals surface area (Å²) in [6, 6.07) is 5.75. The maximum Gasteiger partial charge on any atom is 0.246 e. The zero-order valence-electron chi connectivity index (χ0n) is 11.8. The Morgan fingerprint density at radius 3 is 2.19 bits per heavy atom. The van der Waals surface area contributed by atoms with E-state index in [0.29, 0.717) is 0 Å². The molecule has 3 fully saturated rings. The number of rotatable bonds is 2. The summed E-state index contributed by atoms with van der Waals surface area (Å²) < 4.78 is 41.2. The van der Waals surface area contributed by atoms with Gasteiger partial charge >= 0.3 is 0 Å². The van der Waals surface area contributed by atoms with Crippen LogP contribution in [0.5, 0.6) is 0 Å². The molecule has 0 amide bonds. The van der Waals surface area contributed by atoms with Crippen molar-refractivity contribution in [3.63, 3.8) is 0 Å². The first-order chi connectivity index (χ1) is 10.1. The second-order valence-corrected chi connectivity index (χ2v) is 8.08. The molecule has 2 aliphatic heterocycles. The highest BCUT2D eigenvalue weighted by molar-refractivity contribution is 7.89. The molecule has 0 radical (unpaired) electrons. The molecule has 1 aromatic carbocycles. The van der Waals surface area contributed by atoms with Crippen LogP contribution in [0, 0.1) is 5.82 Å². The minimum Gasteiger partial charge on any atom is -0.207 e. The third-order valence-electron chi connectivity index (χ3n) is 4.91. The zero-order chi connectivity index (χ0) is 14.6. The molecule has 2 heterocycles. The molecule has 2 bridgehead atoms. The van der Waals surface area contributed by atoms with Crippen molar-refractivity contribution in [1.82, 2.24) is 4.31 Å². The average Bonchev–Trinajstić information content (AvgIpc) is 3.25. The zero-order valence-corrected chi connectivity index (χ0v) is 12.6. The number of allylic oxidation sites excluding steroid dienone is 1. The number of benzene rings is 1. The maximum absolute atomic E-state index is 13.9. The van der Waals surface area contributed by atoms with Crippen LogP contribution < -0.4 is 0 Å². The van der Waals surface area contributed by atoms with Gasteiger partial charge in [-0.2, -0.15) is 4.31 Å². The summed E-state index contributed by atoms with van der Waals surface area (Å²) in [7, 11) is -3.72. The van der Waals surface area contributed by atoms with Crippen LogP contribution in [-0.4, -0.2) is 24.8 Å². The SMILES string of the molecule is O=S(=O)(c1ccccc1F)N1C2CCC1CC(=C1CC1)C2. The van der Waals surface area contributed by atoms with Gasteiger partial charge in [0.2, 0.25) is 10.0 Å². The van der Waals surface area contributed by atoms with Crippen LogP contribution in [0.1, 0.15) is 38.5 Å². The van der Waals surface area contributed by atoms with Crippen molar-refractivity contribution < 1.29 is 12.8 Å². The highest BCUT2D eigenvalue weighted by atomic mass is 32.2. The van der Waals surface area contributed by atoms with Gasteiger partial charge in [-0.25, -0.2) is 12.8 Å². The quantitative estimate of drug-likeness (QED) is 0.787. The lowest BCUT2D eigenvalue weighted by Crippen LogP contribution is -2.44. The van der Waals surface area contributed by atoms with E-state index in [-0.39, 0.29) is 17.0 Å². The van der Waals surface area contributed by atoms with Crippen molar-refractivity contribution in [2.75, 3.05) is 0 Å². The van der Waals surface area contributed by atoms with Crippen LogP contribution in [-0.2, 0) is 10.0 Å². The van der Waals surface area contributed by atoms with Crippen LogP contribution in [0.3, 0.4) is 0 Å². The summed E-state index contributed by atoms with van der Waals surface area (Å²) in [4.78, 5) is -0.176. The second-order valence-electron chi connectivity index (χ2n) is 6.27. The van der Waals surface area contributed by atoms with E-state index in [1.165, 1.54) is 42.2 Å². The van der Waals surface area contributed by atoms with E-state index in [9.17, 15) is 12.8 Å².